The zero-order chi connectivity index (χ0) is 15.0. The third-order valence-electron chi connectivity index (χ3n) is 4.40. The molecule has 0 radical (unpaired) electrons. The molecule has 0 saturated carbocycles. The van der Waals surface area contributed by atoms with E-state index >= 15 is 0 Å². The molecule has 3 nitrogen and oxygen atoms in total. The lowest BCUT2D eigenvalue weighted by Gasteiger charge is -2.28. The van der Waals surface area contributed by atoms with Crippen molar-refractivity contribution in [1.29, 1.82) is 0 Å². The van der Waals surface area contributed by atoms with E-state index in [-0.39, 0.29) is 5.92 Å². The molecular formula is C17H21NO2S. The van der Waals surface area contributed by atoms with Crippen LogP contribution in [0.1, 0.15) is 25.0 Å². The van der Waals surface area contributed by atoms with Gasteiger partial charge in [0.05, 0.1) is 5.69 Å². The second kappa shape index (κ2) is 5.34. The molecular weight excluding hydrogens is 282 g/mol. The van der Waals surface area contributed by atoms with Crippen molar-refractivity contribution in [3.05, 3.63) is 53.6 Å². The van der Waals surface area contributed by atoms with Crippen LogP contribution >= 0.6 is 0 Å². The average molecular weight is 303 g/mol. The molecule has 112 valence electrons. The van der Waals surface area contributed by atoms with Crippen LogP contribution in [0, 0.1) is 5.92 Å². The van der Waals surface area contributed by atoms with Crippen LogP contribution in [0.2, 0.25) is 0 Å². The van der Waals surface area contributed by atoms with Crippen molar-refractivity contribution in [1.82, 2.24) is 0 Å². The number of hydrogen-bond acceptors (Lipinski definition) is 2. The van der Waals surface area contributed by atoms with E-state index in [9.17, 15) is 8.42 Å². The van der Waals surface area contributed by atoms with Crippen LogP contribution < -0.4 is 4.31 Å². The topological polar surface area (TPSA) is 37.4 Å². The van der Waals surface area contributed by atoms with Crippen LogP contribution in [0.4, 0.5) is 5.69 Å². The van der Waals surface area contributed by atoms with Crippen LogP contribution in [0.25, 0.3) is 0 Å². The van der Waals surface area contributed by atoms with Crippen molar-refractivity contribution in [2.75, 3.05) is 10.8 Å². The van der Waals surface area contributed by atoms with E-state index in [0.717, 1.165) is 24.1 Å². The van der Waals surface area contributed by atoms with Gasteiger partial charge in [-0.3, -0.25) is 4.31 Å². The summed E-state index contributed by atoms with van der Waals surface area (Å²) in [6, 6.07) is 6.14. The Morgan fingerprint density at radius 3 is 2.71 bits per heavy atom. The molecule has 3 rings (SSSR count). The Balaban J connectivity index is 1.96. The lowest BCUT2D eigenvalue weighted by molar-refractivity contribution is 0.568. The fraction of sp³-hybridized carbons (Fsp3) is 0.412. The van der Waals surface area contributed by atoms with Crippen molar-refractivity contribution in [2.24, 2.45) is 5.92 Å². The summed E-state index contributed by atoms with van der Waals surface area (Å²) < 4.78 is 27.5. The highest BCUT2D eigenvalue weighted by molar-refractivity contribution is 7.93. The van der Waals surface area contributed by atoms with Gasteiger partial charge in [0.15, 0.2) is 0 Å². The van der Waals surface area contributed by atoms with Crippen molar-refractivity contribution in [2.45, 2.75) is 31.9 Å². The molecule has 0 fully saturated rings. The zero-order valence-electron chi connectivity index (χ0n) is 12.5. The minimum absolute atomic E-state index is 0.0129. The molecule has 0 amide bonds. The molecule has 1 aliphatic carbocycles. The van der Waals surface area contributed by atoms with Crippen molar-refractivity contribution in [3.63, 3.8) is 0 Å². The number of benzene rings is 1. The van der Waals surface area contributed by atoms with Crippen molar-refractivity contribution < 1.29 is 8.42 Å². The largest absolute Gasteiger partial charge is 0.269 e. The molecule has 0 spiro atoms. The summed E-state index contributed by atoms with van der Waals surface area (Å²) in [5.41, 5.74) is 3.28. The lowest BCUT2D eigenvalue weighted by atomic mass is 10.0. The van der Waals surface area contributed by atoms with Crippen LogP contribution in [0.5, 0.6) is 0 Å². The minimum Gasteiger partial charge on any atom is -0.269 e. The Hall–Kier alpha value is -1.55. The van der Waals surface area contributed by atoms with Crippen LogP contribution in [-0.4, -0.2) is 20.2 Å². The fourth-order valence-corrected chi connectivity index (χ4v) is 5.14. The van der Waals surface area contributed by atoms with Crippen LogP contribution in [0.15, 0.2) is 42.5 Å². The third kappa shape index (κ3) is 2.42. The standard InChI is InChI=1S/C17H21NO2S/c1-3-14-8-9-16-15(12-14)10-11-18(16)21(19,20)17-7-5-4-6-13(17)2/h4-9,12-13,17H,3,10-11H2,1-2H3. The summed E-state index contributed by atoms with van der Waals surface area (Å²) in [5.74, 6) is 0.0129. The van der Waals surface area contributed by atoms with Gasteiger partial charge < -0.3 is 0 Å². The highest BCUT2D eigenvalue weighted by atomic mass is 32.2. The number of allylic oxidation sites excluding steroid dienone is 3. The first kappa shape index (κ1) is 14.4. The summed E-state index contributed by atoms with van der Waals surface area (Å²) in [7, 11) is -3.35. The predicted octanol–water partition coefficient (Wildman–Crippen LogP) is 3.07. The normalized spacial score (nSPS) is 24.4. The molecule has 2 unspecified atom stereocenters. The van der Waals surface area contributed by atoms with Gasteiger partial charge in [0, 0.05) is 6.54 Å². The van der Waals surface area contributed by atoms with Gasteiger partial charge >= 0.3 is 0 Å². The van der Waals surface area contributed by atoms with Crippen LogP contribution in [-0.2, 0) is 22.9 Å². The van der Waals surface area contributed by atoms with Gasteiger partial charge in [0.25, 0.3) is 0 Å². The Labute approximate surface area is 127 Å². The van der Waals surface area contributed by atoms with E-state index in [1.807, 2.05) is 37.3 Å². The molecule has 0 N–H and O–H groups in total. The summed E-state index contributed by atoms with van der Waals surface area (Å²) in [6.07, 6.45) is 9.30. The summed E-state index contributed by atoms with van der Waals surface area (Å²) >= 11 is 0. The quantitative estimate of drug-likeness (QED) is 0.860. The van der Waals surface area contributed by atoms with Gasteiger partial charge in [-0.05, 0) is 36.0 Å². The Morgan fingerprint density at radius 1 is 1.24 bits per heavy atom. The number of hydrogen-bond donors (Lipinski definition) is 0. The van der Waals surface area contributed by atoms with E-state index < -0.39 is 15.3 Å². The Kier molecular flexibility index (Phi) is 3.66. The number of rotatable bonds is 3. The molecule has 2 aliphatic rings. The average Bonchev–Trinajstić information content (AvgIpc) is 2.91. The van der Waals surface area contributed by atoms with Gasteiger partial charge in [0.2, 0.25) is 10.0 Å². The second-order valence-corrected chi connectivity index (χ2v) is 7.79. The number of anilines is 1. The molecule has 1 heterocycles. The van der Waals surface area contributed by atoms with Gasteiger partial charge in [-0.15, -0.1) is 0 Å². The summed E-state index contributed by atoms with van der Waals surface area (Å²) in [5, 5.41) is -0.459. The van der Waals surface area contributed by atoms with E-state index in [0.29, 0.717) is 6.54 Å². The Bertz CT molecular complexity index is 704. The molecule has 0 aromatic heterocycles. The second-order valence-electron chi connectivity index (χ2n) is 5.78. The Morgan fingerprint density at radius 2 is 2.00 bits per heavy atom. The number of sulfonamides is 1. The minimum atomic E-state index is -3.35. The fourth-order valence-electron chi connectivity index (χ4n) is 3.12. The zero-order valence-corrected chi connectivity index (χ0v) is 13.3. The van der Waals surface area contributed by atoms with Gasteiger partial charge in [0.1, 0.15) is 5.25 Å². The van der Waals surface area contributed by atoms with E-state index in [1.165, 1.54) is 5.56 Å². The monoisotopic (exact) mass is 303 g/mol. The van der Waals surface area contributed by atoms with Gasteiger partial charge in [-0.2, -0.15) is 0 Å². The first-order chi connectivity index (χ1) is 10.0. The molecule has 1 aromatic carbocycles. The first-order valence-corrected chi connectivity index (χ1v) is 9.02. The lowest BCUT2D eigenvalue weighted by Crippen LogP contribution is -2.40. The third-order valence-corrected chi connectivity index (χ3v) is 6.67. The van der Waals surface area contributed by atoms with Crippen LogP contribution in [0.3, 0.4) is 0 Å². The molecule has 2 atom stereocenters. The number of fused-ring (bicyclic) bond motifs is 1. The number of nitrogens with zero attached hydrogens (tertiary/aromatic N) is 1. The summed E-state index contributed by atoms with van der Waals surface area (Å²) in [6.45, 7) is 4.64. The first-order valence-electron chi connectivity index (χ1n) is 7.52. The summed E-state index contributed by atoms with van der Waals surface area (Å²) in [4.78, 5) is 0. The van der Waals surface area contributed by atoms with E-state index in [2.05, 4.69) is 13.0 Å². The van der Waals surface area contributed by atoms with E-state index in [4.69, 9.17) is 0 Å². The van der Waals surface area contributed by atoms with Gasteiger partial charge in [-0.25, -0.2) is 8.42 Å². The van der Waals surface area contributed by atoms with Gasteiger partial charge in [-0.1, -0.05) is 50.3 Å². The maximum Gasteiger partial charge on any atom is 0.242 e. The van der Waals surface area contributed by atoms with E-state index in [1.54, 1.807) is 10.4 Å². The van der Waals surface area contributed by atoms with Crippen molar-refractivity contribution >= 4 is 15.7 Å². The molecule has 0 saturated heterocycles. The maximum absolute atomic E-state index is 13.0. The molecule has 1 aromatic rings. The smallest absolute Gasteiger partial charge is 0.242 e. The SMILES string of the molecule is CCc1ccc2c(c1)CCN2S(=O)(=O)C1C=CC=CC1C. The highest BCUT2D eigenvalue weighted by Gasteiger charge is 2.37. The number of aryl methyl sites for hydroxylation is 1. The maximum atomic E-state index is 13.0. The molecule has 0 bridgehead atoms. The highest BCUT2D eigenvalue weighted by Crippen LogP contribution is 2.34. The molecule has 1 aliphatic heterocycles. The predicted molar refractivity (Wildman–Crippen MR) is 87.0 cm³/mol. The molecule has 21 heavy (non-hydrogen) atoms. The molecule has 4 heteroatoms. The van der Waals surface area contributed by atoms with Crippen molar-refractivity contribution in [3.8, 4) is 0 Å².